The van der Waals surface area contributed by atoms with Gasteiger partial charge in [0.05, 0.1) is 17.6 Å². The highest BCUT2D eigenvalue weighted by Gasteiger charge is 2.26. The van der Waals surface area contributed by atoms with Gasteiger partial charge in [-0.05, 0) is 37.5 Å². The molecule has 1 aromatic rings. The Morgan fingerprint density at radius 3 is 2.33 bits per heavy atom. The van der Waals surface area contributed by atoms with Gasteiger partial charge in [-0.25, -0.2) is 8.42 Å². The van der Waals surface area contributed by atoms with Gasteiger partial charge in [-0.1, -0.05) is 13.8 Å². The van der Waals surface area contributed by atoms with Gasteiger partial charge in [0, 0.05) is 26.2 Å². The van der Waals surface area contributed by atoms with Crippen molar-refractivity contribution < 1.29 is 17.9 Å². The highest BCUT2D eigenvalue weighted by Crippen LogP contribution is 2.26. The van der Waals surface area contributed by atoms with Gasteiger partial charge < -0.3 is 9.64 Å². The molecule has 1 aromatic carbocycles. The van der Waals surface area contributed by atoms with Gasteiger partial charge in [0.25, 0.3) is 5.91 Å². The molecule has 0 unspecified atom stereocenters. The quantitative estimate of drug-likeness (QED) is 0.786. The van der Waals surface area contributed by atoms with Crippen LogP contribution in [0.1, 0.15) is 43.5 Å². The van der Waals surface area contributed by atoms with E-state index in [0.717, 1.165) is 19.3 Å². The number of piperidine rings is 1. The number of nitrogens with zero attached hydrogens (tertiary/aromatic N) is 2. The number of amides is 1. The van der Waals surface area contributed by atoms with Gasteiger partial charge in [-0.3, -0.25) is 4.79 Å². The number of carbonyl (C=O) groups is 1. The second-order valence-corrected chi connectivity index (χ2v) is 7.74. The minimum atomic E-state index is -3.61. The lowest BCUT2D eigenvalue weighted by Gasteiger charge is -2.27. The fourth-order valence-electron chi connectivity index (χ4n) is 2.99. The average molecular weight is 354 g/mol. The molecule has 1 heterocycles. The van der Waals surface area contributed by atoms with Crippen LogP contribution >= 0.6 is 0 Å². The molecule has 0 aliphatic carbocycles. The van der Waals surface area contributed by atoms with E-state index in [1.165, 1.54) is 23.5 Å². The molecule has 0 bridgehead atoms. The summed E-state index contributed by atoms with van der Waals surface area (Å²) in [7, 11) is -2.12. The first kappa shape index (κ1) is 18.7. The zero-order chi connectivity index (χ0) is 17.7. The maximum atomic E-state index is 12.8. The molecule has 24 heavy (non-hydrogen) atoms. The van der Waals surface area contributed by atoms with Crippen molar-refractivity contribution in [3.8, 4) is 5.75 Å². The largest absolute Gasteiger partial charge is 0.496 e. The van der Waals surface area contributed by atoms with Crippen molar-refractivity contribution in [2.45, 2.75) is 38.0 Å². The topological polar surface area (TPSA) is 66.9 Å². The lowest BCUT2D eigenvalue weighted by atomic mass is 10.1. The molecule has 2 rings (SSSR count). The summed E-state index contributed by atoms with van der Waals surface area (Å²) in [5, 5.41) is 0. The van der Waals surface area contributed by atoms with Crippen LogP contribution in [0.4, 0.5) is 0 Å². The summed E-state index contributed by atoms with van der Waals surface area (Å²) in [4.78, 5) is 14.7. The van der Waals surface area contributed by atoms with Crippen LogP contribution in [0.2, 0.25) is 0 Å². The molecule has 0 atom stereocenters. The van der Waals surface area contributed by atoms with Crippen LogP contribution in [0.25, 0.3) is 0 Å². The first-order chi connectivity index (χ1) is 11.5. The van der Waals surface area contributed by atoms with Crippen LogP contribution in [0, 0.1) is 0 Å². The molecule has 0 aromatic heterocycles. The molecule has 0 spiro atoms. The number of rotatable bonds is 6. The number of methoxy groups -OCH3 is 1. The minimum absolute atomic E-state index is 0.132. The number of hydrogen-bond donors (Lipinski definition) is 0. The SMILES string of the molecule is CCN(CC)S(=O)(=O)c1ccc(OC)c(C(=O)N2CCCCC2)c1. The number of sulfonamides is 1. The first-order valence-corrected chi connectivity index (χ1v) is 9.87. The van der Waals surface area contributed by atoms with Crippen molar-refractivity contribution in [3.63, 3.8) is 0 Å². The molecule has 6 nitrogen and oxygen atoms in total. The van der Waals surface area contributed by atoms with E-state index in [2.05, 4.69) is 0 Å². The molecule has 1 aliphatic rings. The van der Waals surface area contributed by atoms with E-state index in [1.54, 1.807) is 24.8 Å². The van der Waals surface area contributed by atoms with Crippen molar-refractivity contribution in [2.75, 3.05) is 33.3 Å². The van der Waals surface area contributed by atoms with Crippen LogP contribution in [0.15, 0.2) is 23.1 Å². The lowest BCUT2D eigenvalue weighted by Crippen LogP contribution is -2.36. The molecule has 0 N–H and O–H groups in total. The zero-order valence-corrected chi connectivity index (χ0v) is 15.4. The molecule has 1 amide bonds. The van der Waals surface area contributed by atoms with Crippen LogP contribution in [-0.2, 0) is 10.0 Å². The van der Waals surface area contributed by atoms with Crippen molar-refractivity contribution in [3.05, 3.63) is 23.8 Å². The molecule has 0 radical (unpaired) electrons. The van der Waals surface area contributed by atoms with E-state index >= 15 is 0 Å². The number of benzene rings is 1. The third kappa shape index (κ3) is 3.72. The minimum Gasteiger partial charge on any atom is -0.496 e. The predicted octanol–water partition coefficient (Wildman–Crippen LogP) is 2.35. The highest BCUT2D eigenvalue weighted by molar-refractivity contribution is 7.89. The zero-order valence-electron chi connectivity index (χ0n) is 14.6. The van der Waals surface area contributed by atoms with Crippen LogP contribution in [-0.4, -0.2) is 56.8 Å². The van der Waals surface area contributed by atoms with Crippen molar-refractivity contribution >= 4 is 15.9 Å². The summed E-state index contributed by atoms with van der Waals surface area (Å²) >= 11 is 0. The van der Waals surface area contributed by atoms with Gasteiger partial charge in [-0.15, -0.1) is 0 Å². The average Bonchev–Trinajstić information content (AvgIpc) is 2.62. The van der Waals surface area contributed by atoms with Crippen molar-refractivity contribution in [1.29, 1.82) is 0 Å². The summed E-state index contributed by atoms with van der Waals surface area (Å²) in [6.45, 7) is 5.78. The van der Waals surface area contributed by atoms with Gasteiger partial charge in [0.2, 0.25) is 10.0 Å². The van der Waals surface area contributed by atoms with Crippen LogP contribution in [0.3, 0.4) is 0 Å². The number of ether oxygens (including phenoxy) is 1. The fourth-order valence-corrected chi connectivity index (χ4v) is 4.48. The Balaban J connectivity index is 2.42. The second kappa shape index (κ2) is 7.98. The molecule has 0 saturated carbocycles. The molecule has 134 valence electrons. The van der Waals surface area contributed by atoms with Crippen LogP contribution < -0.4 is 4.74 Å². The molecular formula is C17H26N2O4S. The van der Waals surface area contributed by atoms with Crippen LogP contribution in [0.5, 0.6) is 5.75 Å². The summed E-state index contributed by atoms with van der Waals surface area (Å²) in [5.74, 6) is 0.243. The standard InChI is InChI=1S/C17H26N2O4S/c1-4-19(5-2)24(21,22)14-9-10-16(23-3)15(13-14)17(20)18-11-7-6-8-12-18/h9-10,13H,4-8,11-12H2,1-3H3. The predicted molar refractivity (Wildman–Crippen MR) is 92.9 cm³/mol. The fraction of sp³-hybridized carbons (Fsp3) is 0.588. The van der Waals surface area contributed by atoms with Gasteiger partial charge >= 0.3 is 0 Å². The van der Waals surface area contributed by atoms with Crippen molar-refractivity contribution in [1.82, 2.24) is 9.21 Å². The van der Waals surface area contributed by atoms with E-state index in [1.807, 2.05) is 0 Å². The van der Waals surface area contributed by atoms with Gasteiger partial charge in [0.15, 0.2) is 0 Å². The van der Waals surface area contributed by atoms with Crippen molar-refractivity contribution in [2.24, 2.45) is 0 Å². The van der Waals surface area contributed by atoms with Gasteiger partial charge in [-0.2, -0.15) is 4.31 Å². The monoisotopic (exact) mass is 354 g/mol. The Morgan fingerprint density at radius 1 is 1.17 bits per heavy atom. The molecule has 7 heteroatoms. The lowest BCUT2D eigenvalue weighted by molar-refractivity contribution is 0.0720. The Bertz CT molecular complexity index is 678. The third-order valence-corrected chi connectivity index (χ3v) is 6.43. The maximum absolute atomic E-state index is 12.8. The number of likely N-dealkylation sites (tertiary alicyclic amines) is 1. The highest BCUT2D eigenvalue weighted by atomic mass is 32.2. The van der Waals surface area contributed by atoms with E-state index in [-0.39, 0.29) is 10.8 Å². The number of hydrogen-bond acceptors (Lipinski definition) is 4. The Hall–Kier alpha value is -1.60. The molecule has 1 saturated heterocycles. The van der Waals surface area contributed by atoms with Gasteiger partial charge in [0.1, 0.15) is 5.75 Å². The van der Waals surface area contributed by atoms with E-state index in [0.29, 0.717) is 37.5 Å². The Kier molecular flexibility index (Phi) is 6.23. The number of carbonyl (C=O) groups excluding carboxylic acids is 1. The molecular weight excluding hydrogens is 328 g/mol. The molecule has 1 fully saturated rings. The summed E-state index contributed by atoms with van der Waals surface area (Å²) in [5.41, 5.74) is 0.313. The Labute approximate surface area is 144 Å². The van der Waals surface area contributed by atoms with E-state index in [4.69, 9.17) is 4.74 Å². The summed E-state index contributed by atoms with van der Waals surface area (Å²) in [6.07, 6.45) is 3.08. The first-order valence-electron chi connectivity index (χ1n) is 8.43. The van der Waals surface area contributed by atoms with E-state index in [9.17, 15) is 13.2 Å². The Morgan fingerprint density at radius 2 is 1.79 bits per heavy atom. The third-order valence-electron chi connectivity index (χ3n) is 4.39. The normalized spacial score (nSPS) is 15.6. The summed E-state index contributed by atoms with van der Waals surface area (Å²) < 4.78 is 32.1. The smallest absolute Gasteiger partial charge is 0.257 e. The maximum Gasteiger partial charge on any atom is 0.257 e. The van der Waals surface area contributed by atoms with E-state index < -0.39 is 10.0 Å². The summed E-state index contributed by atoms with van der Waals surface area (Å²) in [6, 6.07) is 4.51. The second-order valence-electron chi connectivity index (χ2n) is 5.80. The molecule has 1 aliphatic heterocycles.